The highest BCUT2D eigenvalue weighted by atomic mass is 16.5. The predicted octanol–water partition coefficient (Wildman–Crippen LogP) is 4.26. The minimum Gasteiger partial charge on any atom is -0.497 e. The Morgan fingerprint density at radius 3 is 2.32 bits per heavy atom. The maximum absolute atomic E-state index is 12.1. The van der Waals surface area contributed by atoms with Crippen LogP contribution in [0, 0.1) is 0 Å². The molecule has 0 heterocycles. The number of ether oxygens (including phenoxy) is 2. The summed E-state index contributed by atoms with van der Waals surface area (Å²) < 4.78 is 11.0. The first-order valence-corrected chi connectivity index (χ1v) is 9.20. The van der Waals surface area contributed by atoms with Crippen molar-refractivity contribution >= 4 is 11.6 Å². The summed E-state index contributed by atoms with van der Waals surface area (Å²) in [4.78, 5) is 12.1. The van der Waals surface area contributed by atoms with E-state index in [4.69, 9.17) is 9.47 Å². The highest BCUT2D eigenvalue weighted by Crippen LogP contribution is 2.28. The second-order valence-electron chi connectivity index (χ2n) is 6.21. The normalized spacial score (nSPS) is 10.2. The Kier molecular flexibility index (Phi) is 6.90. The van der Waals surface area contributed by atoms with Crippen LogP contribution in [0.1, 0.15) is 5.56 Å². The lowest BCUT2D eigenvalue weighted by Crippen LogP contribution is -2.31. The topological polar surface area (TPSA) is 59.6 Å². The first-order chi connectivity index (χ1) is 13.7. The van der Waals surface area contributed by atoms with Gasteiger partial charge in [0, 0.05) is 6.54 Å². The van der Waals surface area contributed by atoms with Crippen LogP contribution in [0.15, 0.2) is 78.9 Å². The molecule has 144 valence electrons. The van der Waals surface area contributed by atoms with Crippen molar-refractivity contribution in [3.63, 3.8) is 0 Å². The van der Waals surface area contributed by atoms with E-state index in [0.717, 1.165) is 29.2 Å². The monoisotopic (exact) mass is 376 g/mol. The van der Waals surface area contributed by atoms with Gasteiger partial charge < -0.3 is 20.1 Å². The Bertz CT molecular complexity index is 880. The number of anilines is 1. The molecule has 0 radical (unpaired) electrons. The highest BCUT2D eigenvalue weighted by molar-refractivity contribution is 5.81. The lowest BCUT2D eigenvalue weighted by atomic mass is 10.1. The Balaban J connectivity index is 1.46. The van der Waals surface area contributed by atoms with Crippen molar-refractivity contribution in [1.82, 2.24) is 5.32 Å². The molecule has 0 atom stereocenters. The van der Waals surface area contributed by atoms with Crippen molar-refractivity contribution in [2.45, 2.75) is 6.42 Å². The van der Waals surface area contributed by atoms with Crippen molar-refractivity contribution < 1.29 is 14.3 Å². The zero-order valence-corrected chi connectivity index (χ0v) is 15.9. The van der Waals surface area contributed by atoms with Crippen molar-refractivity contribution in [2.75, 3.05) is 25.5 Å². The molecule has 0 saturated carbocycles. The molecule has 5 heteroatoms. The third-order valence-electron chi connectivity index (χ3n) is 4.19. The average Bonchev–Trinajstić information content (AvgIpc) is 2.74. The maximum Gasteiger partial charge on any atom is 0.239 e. The van der Waals surface area contributed by atoms with Gasteiger partial charge in [-0.2, -0.15) is 0 Å². The second-order valence-corrected chi connectivity index (χ2v) is 6.21. The quantitative estimate of drug-likeness (QED) is 0.586. The van der Waals surface area contributed by atoms with Crippen LogP contribution >= 0.6 is 0 Å². The van der Waals surface area contributed by atoms with Gasteiger partial charge in [0.15, 0.2) is 5.75 Å². The van der Waals surface area contributed by atoms with Crippen LogP contribution in [0.3, 0.4) is 0 Å². The van der Waals surface area contributed by atoms with Gasteiger partial charge in [0.2, 0.25) is 5.91 Å². The van der Waals surface area contributed by atoms with E-state index >= 15 is 0 Å². The number of benzene rings is 3. The van der Waals surface area contributed by atoms with Crippen LogP contribution in [-0.2, 0) is 11.2 Å². The number of hydrogen-bond acceptors (Lipinski definition) is 4. The van der Waals surface area contributed by atoms with Crippen LogP contribution < -0.4 is 20.1 Å². The van der Waals surface area contributed by atoms with E-state index in [2.05, 4.69) is 10.6 Å². The second kappa shape index (κ2) is 10.0. The molecular formula is C23H24N2O3. The van der Waals surface area contributed by atoms with Crippen LogP contribution in [0.4, 0.5) is 5.69 Å². The van der Waals surface area contributed by atoms with Crippen LogP contribution in [-0.4, -0.2) is 26.1 Å². The van der Waals surface area contributed by atoms with Crippen LogP contribution in [0.25, 0.3) is 0 Å². The fourth-order valence-electron chi connectivity index (χ4n) is 2.69. The van der Waals surface area contributed by atoms with Gasteiger partial charge in [-0.05, 0) is 48.4 Å². The molecule has 5 nitrogen and oxygen atoms in total. The number of carbonyl (C=O) groups excluding carboxylic acids is 1. The third-order valence-corrected chi connectivity index (χ3v) is 4.19. The largest absolute Gasteiger partial charge is 0.497 e. The molecule has 3 aromatic rings. The third kappa shape index (κ3) is 5.77. The molecule has 3 aromatic carbocycles. The summed E-state index contributed by atoms with van der Waals surface area (Å²) in [5, 5.41) is 6.07. The molecule has 1 amide bonds. The Morgan fingerprint density at radius 1 is 0.857 bits per heavy atom. The molecule has 0 saturated heterocycles. The number of methoxy groups -OCH3 is 1. The van der Waals surface area contributed by atoms with E-state index in [1.807, 2.05) is 78.9 Å². The number of rotatable bonds is 9. The lowest BCUT2D eigenvalue weighted by Gasteiger charge is -2.13. The number of hydrogen-bond donors (Lipinski definition) is 2. The summed E-state index contributed by atoms with van der Waals surface area (Å²) in [7, 11) is 1.64. The zero-order chi connectivity index (χ0) is 19.6. The number of amides is 1. The van der Waals surface area contributed by atoms with E-state index in [9.17, 15) is 4.79 Å². The van der Waals surface area contributed by atoms with Crippen molar-refractivity contribution in [3.05, 3.63) is 84.4 Å². The fraction of sp³-hybridized carbons (Fsp3) is 0.174. The number of para-hydroxylation sites is 3. The summed E-state index contributed by atoms with van der Waals surface area (Å²) >= 11 is 0. The molecule has 0 fully saturated rings. The lowest BCUT2D eigenvalue weighted by molar-refractivity contribution is -0.119. The maximum atomic E-state index is 12.1. The molecule has 0 aliphatic rings. The van der Waals surface area contributed by atoms with E-state index < -0.39 is 0 Å². The number of nitrogens with one attached hydrogen (secondary N) is 2. The van der Waals surface area contributed by atoms with E-state index in [0.29, 0.717) is 12.3 Å². The Morgan fingerprint density at radius 2 is 1.57 bits per heavy atom. The standard InChI is InChI=1S/C23H24N2O3/c1-27-19-13-11-18(12-14-19)15-16-24-23(26)17-25-21-9-5-6-10-22(21)28-20-7-3-2-4-8-20/h2-14,25H,15-17H2,1H3,(H,24,26). The van der Waals surface area contributed by atoms with Gasteiger partial charge >= 0.3 is 0 Å². The zero-order valence-electron chi connectivity index (χ0n) is 15.9. The minimum absolute atomic E-state index is 0.0666. The first kappa shape index (κ1) is 19.3. The van der Waals surface area contributed by atoms with Gasteiger partial charge in [0.1, 0.15) is 11.5 Å². The predicted molar refractivity (Wildman–Crippen MR) is 111 cm³/mol. The Hall–Kier alpha value is -3.47. The van der Waals surface area contributed by atoms with Gasteiger partial charge in [0.05, 0.1) is 19.3 Å². The molecule has 0 aromatic heterocycles. The molecular weight excluding hydrogens is 352 g/mol. The summed E-state index contributed by atoms with van der Waals surface area (Å²) in [6.07, 6.45) is 0.767. The molecule has 0 spiro atoms. The molecule has 2 N–H and O–H groups in total. The fourth-order valence-corrected chi connectivity index (χ4v) is 2.69. The Labute approximate surface area is 165 Å². The van der Waals surface area contributed by atoms with Gasteiger partial charge in [-0.1, -0.05) is 42.5 Å². The SMILES string of the molecule is COc1ccc(CCNC(=O)CNc2ccccc2Oc2ccccc2)cc1. The number of carbonyl (C=O) groups is 1. The van der Waals surface area contributed by atoms with E-state index in [-0.39, 0.29) is 12.5 Å². The van der Waals surface area contributed by atoms with Crippen molar-refractivity contribution in [2.24, 2.45) is 0 Å². The molecule has 28 heavy (non-hydrogen) atoms. The summed E-state index contributed by atoms with van der Waals surface area (Å²) in [5.74, 6) is 2.19. The smallest absolute Gasteiger partial charge is 0.239 e. The van der Waals surface area contributed by atoms with Crippen molar-refractivity contribution in [1.29, 1.82) is 0 Å². The molecule has 3 rings (SSSR count). The molecule has 0 aliphatic carbocycles. The van der Waals surface area contributed by atoms with Gasteiger partial charge in [-0.3, -0.25) is 4.79 Å². The summed E-state index contributed by atoms with van der Waals surface area (Å²) in [5.41, 5.74) is 1.92. The summed E-state index contributed by atoms with van der Waals surface area (Å²) in [6.45, 7) is 0.757. The highest BCUT2D eigenvalue weighted by Gasteiger charge is 2.06. The molecule has 0 aliphatic heterocycles. The van der Waals surface area contributed by atoms with Crippen molar-refractivity contribution in [3.8, 4) is 17.2 Å². The van der Waals surface area contributed by atoms with Gasteiger partial charge in [-0.25, -0.2) is 0 Å². The first-order valence-electron chi connectivity index (χ1n) is 9.20. The molecule has 0 bridgehead atoms. The van der Waals surface area contributed by atoms with Crippen LogP contribution in [0.2, 0.25) is 0 Å². The summed E-state index contributed by atoms with van der Waals surface area (Å²) in [6, 6.07) is 25.0. The minimum atomic E-state index is -0.0666. The average molecular weight is 376 g/mol. The van der Waals surface area contributed by atoms with Crippen LogP contribution in [0.5, 0.6) is 17.2 Å². The van der Waals surface area contributed by atoms with E-state index in [1.165, 1.54) is 0 Å². The molecule has 0 unspecified atom stereocenters. The van der Waals surface area contributed by atoms with E-state index in [1.54, 1.807) is 7.11 Å². The van der Waals surface area contributed by atoms with Gasteiger partial charge in [0.25, 0.3) is 0 Å². The van der Waals surface area contributed by atoms with Gasteiger partial charge in [-0.15, -0.1) is 0 Å².